The summed E-state index contributed by atoms with van der Waals surface area (Å²) in [5, 5.41) is 27.0. The number of aliphatic hydroxyl groups is 1. The molecule has 0 fully saturated rings. The number of H-pyrrole nitrogens is 1. The highest BCUT2D eigenvalue weighted by atomic mass is 16.4. The Balaban J connectivity index is 2.05. The zero-order valence-electron chi connectivity index (χ0n) is 20.4. The second-order valence-electron chi connectivity index (χ2n) is 8.52. The van der Waals surface area contributed by atoms with Crippen LogP contribution in [0.3, 0.4) is 0 Å². The maximum Gasteiger partial charge on any atom is 0.328 e. The molecule has 2 aromatic rings. The van der Waals surface area contributed by atoms with E-state index in [0.717, 1.165) is 10.9 Å². The number of aromatic nitrogens is 1. The molecule has 37 heavy (non-hydrogen) atoms. The molecule has 4 unspecified atom stereocenters. The fourth-order valence-electron chi connectivity index (χ4n) is 3.57. The number of para-hydroxylation sites is 1. The second kappa shape index (κ2) is 13.8. The fraction of sp³-hybridized carbons (Fsp3) is 0.435. The number of hydrogen-bond donors (Lipinski definition) is 9. The van der Waals surface area contributed by atoms with Crippen LogP contribution in [0.15, 0.2) is 35.5 Å². The van der Waals surface area contributed by atoms with Gasteiger partial charge in [-0.2, -0.15) is 0 Å². The number of aliphatic imine (C=N–C) groups is 1. The first kappa shape index (κ1) is 29.1. The zero-order chi connectivity index (χ0) is 27.5. The molecule has 1 aromatic carbocycles. The Hall–Kier alpha value is -4.17. The Morgan fingerprint density at radius 2 is 1.81 bits per heavy atom. The average molecular weight is 519 g/mol. The van der Waals surface area contributed by atoms with Gasteiger partial charge in [0.25, 0.3) is 0 Å². The van der Waals surface area contributed by atoms with Crippen LogP contribution in [0.25, 0.3) is 10.9 Å². The number of guanidine groups is 1. The topological polar surface area (TPSA) is 251 Å². The van der Waals surface area contributed by atoms with Crippen molar-refractivity contribution in [3.8, 4) is 0 Å². The van der Waals surface area contributed by atoms with E-state index in [2.05, 4.69) is 25.9 Å². The molecule has 12 N–H and O–H groups in total. The third kappa shape index (κ3) is 9.09. The smallest absolute Gasteiger partial charge is 0.328 e. The molecule has 1 heterocycles. The van der Waals surface area contributed by atoms with Crippen LogP contribution in [0, 0.1) is 0 Å². The molecule has 1 aromatic heterocycles. The quantitative estimate of drug-likeness (QED) is 0.0735. The lowest BCUT2D eigenvalue weighted by atomic mass is 10.0. The number of carbonyl (C=O) groups is 4. The molecule has 3 amide bonds. The fourth-order valence-corrected chi connectivity index (χ4v) is 3.57. The van der Waals surface area contributed by atoms with Gasteiger partial charge in [0.15, 0.2) is 12.0 Å². The monoisotopic (exact) mass is 518 g/mol. The number of aliphatic carboxylic acids is 1. The molecule has 0 aliphatic carbocycles. The lowest BCUT2D eigenvalue weighted by Crippen LogP contribution is -2.56. The Morgan fingerprint density at radius 3 is 2.46 bits per heavy atom. The number of amides is 3. The molecule has 14 heteroatoms. The number of aliphatic hydroxyl groups excluding tert-OH is 1. The van der Waals surface area contributed by atoms with Gasteiger partial charge >= 0.3 is 5.97 Å². The van der Waals surface area contributed by atoms with Gasteiger partial charge in [-0.05, 0) is 31.4 Å². The maximum absolute atomic E-state index is 13.0. The molecule has 0 bridgehead atoms. The Kier molecular flexibility index (Phi) is 10.8. The molecule has 2 rings (SSSR count). The molecule has 0 saturated carbocycles. The van der Waals surface area contributed by atoms with Crippen molar-refractivity contribution in [2.75, 3.05) is 13.1 Å². The summed E-state index contributed by atoms with van der Waals surface area (Å²) in [7, 11) is 0. The average Bonchev–Trinajstić information content (AvgIpc) is 3.25. The van der Waals surface area contributed by atoms with Crippen LogP contribution in [0.1, 0.15) is 25.3 Å². The van der Waals surface area contributed by atoms with Gasteiger partial charge < -0.3 is 48.3 Å². The first-order valence-corrected chi connectivity index (χ1v) is 11.6. The first-order chi connectivity index (χ1) is 17.5. The number of benzene rings is 1. The van der Waals surface area contributed by atoms with Crippen molar-refractivity contribution >= 4 is 40.6 Å². The summed E-state index contributed by atoms with van der Waals surface area (Å²) in [5.41, 5.74) is 17.8. The second-order valence-corrected chi connectivity index (χ2v) is 8.52. The number of nitrogens with one attached hydrogen (secondary N) is 4. The predicted molar refractivity (Wildman–Crippen MR) is 136 cm³/mol. The third-order valence-corrected chi connectivity index (χ3v) is 5.52. The van der Waals surface area contributed by atoms with Crippen molar-refractivity contribution in [1.29, 1.82) is 0 Å². The van der Waals surface area contributed by atoms with Crippen molar-refractivity contribution in [2.45, 2.75) is 50.4 Å². The summed E-state index contributed by atoms with van der Waals surface area (Å²) in [5.74, 6) is -3.57. The molecule has 0 aliphatic rings. The number of carboxylic acids is 1. The lowest BCUT2D eigenvalue weighted by molar-refractivity contribution is -0.145. The van der Waals surface area contributed by atoms with Crippen molar-refractivity contribution < 1.29 is 29.4 Å². The van der Waals surface area contributed by atoms with Crippen molar-refractivity contribution in [3.63, 3.8) is 0 Å². The summed E-state index contributed by atoms with van der Waals surface area (Å²) in [6, 6.07) is 3.66. The van der Waals surface area contributed by atoms with E-state index in [9.17, 15) is 29.4 Å². The SMILES string of the molecule is CC(O)C(NC(=O)C(Cc1c[nH]c2ccccc12)NC(=O)CNC(=O)C(N)CCCN=C(N)N)C(=O)O. The molecular weight excluding hydrogens is 484 g/mol. The van der Waals surface area contributed by atoms with Crippen LogP contribution in [0.5, 0.6) is 0 Å². The Morgan fingerprint density at radius 1 is 1.11 bits per heavy atom. The van der Waals surface area contributed by atoms with E-state index in [4.69, 9.17) is 17.2 Å². The van der Waals surface area contributed by atoms with Crippen LogP contribution in [0.2, 0.25) is 0 Å². The summed E-state index contributed by atoms with van der Waals surface area (Å²) >= 11 is 0. The van der Waals surface area contributed by atoms with E-state index in [1.54, 1.807) is 6.20 Å². The van der Waals surface area contributed by atoms with Crippen molar-refractivity contribution in [3.05, 3.63) is 36.0 Å². The molecule has 4 atom stereocenters. The third-order valence-electron chi connectivity index (χ3n) is 5.52. The lowest BCUT2D eigenvalue weighted by Gasteiger charge is -2.23. The normalized spacial score (nSPS) is 14.1. The Bertz CT molecular complexity index is 1130. The van der Waals surface area contributed by atoms with Gasteiger partial charge in [-0.25, -0.2) is 4.79 Å². The van der Waals surface area contributed by atoms with Gasteiger partial charge in [0, 0.05) is 30.1 Å². The molecule has 0 radical (unpaired) electrons. The summed E-state index contributed by atoms with van der Waals surface area (Å²) < 4.78 is 0. The van der Waals surface area contributed by atoms with Crippen LogP contribution in [-0.2, 0) is 25.6 Å². The number of aromatic amines is 1. The van der Waals surface area contributed by atoms with Gasteiger partial charge in [-0.1, -0.05) is 18.2 Å². The van der Waals surface area contributed by atoms with E-state index in [1.807, 2.05) is 24.3 Å². The van der Waals surface area contributed by atoms with Gasteiger partial charge in [0.05, 0.1) is 18.7 Å². The molecular formula is C23H34N8O6. The minimum Gasteiger partial charge on any atom is -0.480 e. The van der Waals surface area contributed by atoms with E-state index in [-0.39, 0.29) is 18.8 Å². The standard InChI is InChI=1S/C23H34N8O6/c1-12(32)19(22(36)37)31-21(35)17(9-13-10-28-16-7-3-2-5-14(13)16)30-18(33)11-29-20(34)15(24)6-4-8-27-23(25)26/h2-3,5,7,10,12,15,17,19,28,32H,4,6,8-9,11,24H2,1H3,(H,29,34)(H,30,33)(H,31,35)(H,36,37)(H4,25,26,27). The van der Waals surface area contributed by atoms with E-state index < -0.39 is 54.5 Å². The van der Waals surface area contributed by atoms with Crippen LogP contribution in [0.4, 0.5) is 0 Å². The zero-order valence-corrected chi connectivity index (χ0v) is 20.4. The summed E-state index contributed by atoms with van der Waals surface area (Å²) in [6.45, 7) is 1.07. The Labute approximate surface area is 213 Å². The number of rotatable bonds is 14. The number of hydrogen-bond acceptors (Lipinski definition) is 7. The highest BCUT2D eigenvalue weighted by Crippen LogP contribution is 2.19. The van der Waals surface area contributed by atoms with Crippen LogP contribution >= 0.6 is 0 Å². The minimum atomic E-state index is -1.58. The van der Waals surface area contributed by atoms with E-state index in [0.29, 0.717) is 18.5 Å². The van der Waals surface area contributed by atoms with E-state index >= 15 is 0 Å². The number of nitrogens with two attached hydrogens (primary N) is 3. The largest absolute Gasteiger partial charge is 0.480 e. The molecule has 0 saturated heterocycles. The number of fused-ring (bicyclic) bond motifs is 1. The molecule has 202 valence electrons. The number of nitrogens with zero attached hydrogens (tertiary/aromatic N) is 1. The summed E-state index contributed by atoms with van der Waals surface area (Å²) in [4.78, 5) is 56.1. The molecule has 0 aliphatic heterocycles. The first-order valence-electron chi connectivity index (χ1n) is 11.6. The van der Waals surface area contributed by atoms with Gasteiger partial charge in [0.2, 0.25) is 17.7 Å². The molecule has 14 nitrogen and oxygen atoms in total. The maximum atomic E-state index is 13.0. The van der Waals surface area contributed by atoms with Crippen molar-refractivity contribution in [1.82, 2.24) is 20.9 Å². The van der Waals surface area contributed by atoms with E-state index in [1.165, 1.54) is 6.92 Å². The highest BCUT2D eigenvalue weighted by Gasteiger charge is 2.30. The van der Waals surface area contributed by atoms with Gasteiger partial charge in [0.1, 0.15) is 6.04 Å². The highest BCUT2D eigenvalue weighted by molar-refractivity contribution is 5.93. The molecule has 0 spiro atoms. The van der Waals surface area contributed by atoms with Crippen LogP contribution < -0.4 is 33.2 Å². The summed E-state index contributed by atoms with van der Waals surface area (Å²) in [6.07, 6.45) is 1.07. The number of carbonyl (C=O) groups excluding carboxylic acids is 3. The van der Waals surface area contributed by atoms with Crippen LogP contribution in [-0.4, -0.2) is 82.2 Å². The number of carboxylic acid groups (broad SMARTS) is 1. The van der Waals surface area contributed by atoms with Gasteiger partial charge in [-0.3, -0.25) is 19.4 Å². The minimum absolute atomic E-state index is 0.0198. The predicted octanol–water partition coefficient (Wildman–Crippen LogP) is -2.36. The van der Waals surface area contributed by atoms with Crippen molar-refractivity contribution in [2.24, 2.45) is 22.2 Å². The van der Waals surface area contributed by atoms with Gasteiger partial charge in [-0.15, -0.1) is 0 Å².